The van der Waals surface area contributed by atoms with Crippen molar-refractivity contribution in [1.29, 1.82) is 0 Å². The molecule has 2 aromatic rings. The van der Waals surface area contributed by atoms with Crippen molar-refractivity contribution in [3.63, 3.8) is 0 Å². The number of hydrogen-bond donors (Lipinski definition) is 0. The highest BCUT2D eigenvalue weighted by molar-refractivity contribution is 8.00. The summed E-state index contributed by atoms with van der Waals surface area (Å²) >= 11 is 1.66. The summed E-state index contributed by atoms with van der Waals surface area (Å²) in [6.45, 7) is 0. The predicted octanol–water partition coefficient (Wildman–Crippen LogP) is 3.47. The first-order chi connectivity index (χ1) is 9.79. The van der Waals surface area contributed by atoms with Crippen molar-refractivity contribution in [1.82, 2.24) is 0 Å². The van der Waals surface area contributed by atoms with Crippen LogP contribution in [0.1, 0.15) is 10.9 Å². The summed E-state index contributed by atoms with van der Waals surface area (Å²) in [5.41, 5.74) is 2.06. The zero-order chi connectivity index (χ0) is 13.9. The minimum atomic E-state index is 0.0378. The molecule has 1 fully saturated rings. The molecule has 1 atom stereocenters. The van der Waals surface area contributed by atoms with Crippen LogP contribution in [0.2, 0.25) is 0 Å². The summed E-state index contributed by atoms with van der Waals surface area (Å²) in [4.78, 5) is 14.0. The van der Waals surface area contributed by atoms with E-state index in [9.17, 15) is 4.79 Å². The van der Waals surface area contributed by atoms with Crippen LogP contribution in [-0.4, -0.2) is 18.8 Å². The SMILES string of the molecule is COc1ccc([C@H]2SCC(=O)N2c2ccccc2)cc1. The smallest absolute Gasteiger partial charge is 0.238 e. The van der Waals surface area contributed by atoms with Gasteiger partial charge in [0.15, 0.2) is 0 Å². The lowest BCUT2D eigenvalue weighted by atomic mass is 10.2. The zero-order valence-corrected chi connectivity index (χ0v) is 12.0. The second-order valence-corrected chi connectivity index (χ2v) is 5.60. The second-order valence-electron chi connectivity index (χ2n) is 4.54. The van der Waals surface area contributed by atoms with E-state index < -0.39 is 0 Å². The van der Waals surface area contributed by atoms with E-state index in [4.69, 9.17) is 4.74 Å². The first kappa shape index (κ1) is 13.1. The molecule has 0 aromatic heterocycles. The number of para-hydroxylation sites is 1. The van der Waals surface area contributed by atoms with Crippen molar-refractivity contribution in [2.45, 2.75) is 5.37 Å². The third-order valence-electron chi connectivity index (χ3n) is 3.30. The third kappa shape index (κ3) is 2.39. The predicted molar refractivity (Wildman–Crippen MR) is 82.1 cm³/mol. The molecule has 102 valence electrons. The molecule has 3 rings (SSSR count). The molecule has 0 radical (unpaired) electrons. The van der Waals surface area contributed by atoms with Gasteiger partial charge in [0.05, 0.1) is 12.9 Å². The van der Waals surface area contributed by atoms with Gasteiger partial charge in [-0.1, -0.05) is 30.3 Å². The summed E-state index contributed by atoms with van der Waals surface area (Å²) in [5.74, 6) is 1.50. The van der Waals surface area contributed by atoms with Crippen LogP contribution in [0.5, 0.6) is 5.75 Å². The van der Waals surface area contributed by atoms with E-state index in [0.29, 0.717) is 5.75 Å². The second kappa shape index (κ2) is 5.59. The fourth-order valence-corrected chi connectivity index (χ4v) is 3.48. The van der Waals surface area contributed by atoms with Gasteiger partial charge in [-0.25, -0.2) is 0 Å². The molecule has 2 aromatic carbocycles. The number of anilines is 1. The van der Waals surface area contributed by atoms with Crippen LogP contribution >= 0.6 is 11.8 Å². The maximum Gasteiger partial charge on any atom is 0.238 e. The number of thioether (sulfide) groups is 1. The molecule has 0 aliphatic carbocycles. The van der Waals surface area contributed by atoms with E-state index in [1.165, 1.54) is 0 Å². The van der Waals surface area contributed by atoms with Crippen molar-refractivity contribution in [2.75, 3.05) is 17.8 Å². The number of amides is 1. The molecule has 0 saturated carbocycles. The van der Waals surface area contributed by atoms with Crippen LogP contribution in [0.15, 0.2) is 54.6 Å². The highest BCUT2D eigenvalue weighted by Gasteiger charge is 2.33. The molecular formula is C16H15NO2S. The van der Waals surface area contributed by atoms with E-state index in [1.54, 1.807) is 18.9 Å². The molecule has 20 heavy (non-hydrogen) atoms. The number of hydrogen-bond acceptors (Lipinski definition) is 3. The molecule has 1 aliphatic heterocycles. The van der Waals surface area contributed by atoms with Gasteiger partial charge in [-0.15, -0.1) is 11.8 Å². The Morgan fingerprint density at radius 3 is 2.45 bits per heavy atom. The zero-order valence-electron chi connectivity index (χ0n) is 11.2. The minimum Gasteiger partial charge on any atom is -0.497 e. The quantitative estimate of drug-likeness (QED) is 0.864. The lowest BCUT2D eigenvalue weighted by Gasteiger charge is -2.24. The van der Waals surface area contributed by atoms with Gasteiger partial charge in [0, 0.05) is 5.69 Å². The molecule has 0 bridgehead atoms. The van der Waals surface area contributed by atoms with E-state index in [1.807, 2.05) is 59.5 Å². The van der Waals surface area contributed by atoms with E-state index in [-0.39, 0.29) is 11.3 Å². The Morgan fingerprint density at radius 2 is 1.80 bits per heavy atom. The Labute approximate surface area is 122 Å². The summed E-state index contributed by atoms with van der Waals surface area (Å²) < 4.78 is 5.18. The van der Waals surface area contributed by atoms with Crippen LogP contribution in [-0.2, 0) is 4.79 Å². The highest BCUT2D eigenvalue weighted by atomic mass is 32.2. The van der Waals surface area contributed by atoms with Crippen LogP contribution in [0, 0.1) is 0 Å². The van der Waals surface area contributed by atoms with Gasteiger partial charge in [-0.2, -0.15) is 0 Å². The lowest BCUT2D eigenvalue weighted by molar-refractivity contribution is -0.115. The van der Waals surface area contributed by atoms with Gasteiger partial charge in [0.2, 0.25) is 5.91 Å². The van der Waals surface area contributed by atoms with Gasteiger partial charge in [0.25, 0.3) is 0 Å². The molecule has 3 nitrogen and oxygen atoms in total. The van der Waals surface area contributed by atoms with Crippen LogP contribution in [0.3, 0.4) is 0 Å². The van der Waals surface area contributed by atoms with E-state index in [2.05, 4.69) is 0 Å². The number of methoxy groups -OCH3 is 1. The molecular weight excluding hydrogens is 270 g/mol. The number of benzene rings is 2. The van der Waals surface area contributed by atoms with Crippen LogP contribution in [0.4, 0.5) is 5.69 Å². The summed E-state index contributed by atoms with van der Waals surface area (Å²) in [6.07, 6.45) is 0. The topological polar surface area (TPSA) is 29.5 Å². The average Bonchev–Trinajstić information content (AvgIpc) is 2.90. The number of nitrogens with zero attached hydrogens (tertiary/aromatic N) is 1. The van der Waals surface area contributed by atoms with Gasteiger partial charge in [0.1, 0.15) is 11.1 Å². The standard InChI is InChI=1S/C16H15NO2S/c1-19-14-9-7-12(8-10-14)16-17(15(18)11-20-16)13-5-3-2-4-6-13/h2-10,16H,11H2,1H3/t16-/m1/s1. The third-order valence-corrected chi connectivity index (χ3v) is 4.52. The normalized spacial score (nSPS) is 18.4. The Balaban J connectivity index is 1.93. The average molecular weight is 285 g/mol. The van der Waals surface area contributed by atoms with Crippen molar-refractivity contribution < 1.29 is 9.53 Å². The molecule has 1 heterocycles. The van der Waals surface area contributed by atoms with Crippen molar-refractivity contribution in [2.24, 2.45) is 0 Å². The monoisotopic (exact) mass is 285 g/mol. The lowest BCUT2D eigenvalue weighted by Crippen LogP contribution is -2.27. The van der Waals surface area contributed by atoms with Gasteiger partial charge >= 0.3 is 0 Å². The number of ether oxygens (including phenoxy) is 1. The van der Waals surface area contributed by atoms with Crippen LogP contribution < -0.4 is 9.64 Å². The Hall–Kier alpha value is -1.94. The molecule has 0 spiro atoms. The van der Waals surface area contributed by atoms with Gasteiger partial charge in [-0.05, 0) is 29.8 Å². The largest absolute Gasteiger partial charge is 0.497 e. The van der Waals surface area contributed by atoms with Gasteiger partial charge < -0.3 is 4.74 Å². The minimum absolute atomic E-state index is 0.0378. The number of rotatable bonds is 3. The Morgan fingerprint density at radius 1 is 1.10 bits per heavy atom. The summed E-state index contributed by atoms with van der Waals surface area (Å²) in [7, 11) is 1.65. The Bertz CT molecular complexity index is 598. The van der Waals surface area contributed by atoms with Crippen molar-refractivity contribution in [3.8, 4) is 5.75 Å². The number of carbonyl (C=O) groups is 1. The molecule has 1 saturated heterocycles. The van der Waals surface area contributed by atoms with Crippen molar-refractivity contribution in [3.05, 3.63) is 60.2 Å². The Kier molecular flexibility index (Phi) is 3.65. The fraction of sp³-hybridized carbons (Fsp3) is 0.188. The fourth-order valence-electron chi connectivity index (χ4n) is 2.31. The van der Waals surface area contributed by atoms with Crippen LogP contribution in [0.25, 0.3) is 0 Å². The molecule has 0 unspecified atom stereocenters. The van der Waals surface area contributed by atoms with E-state index in [0.717, 1.165) is 17.0 Å². The van der Waals surface area contributed by atoms with Gasteiger partial charge in [-0.3, -0.25) is 9.69 Å². The first-order valence-electron chi connectivity index (χ1n) is 6.42. The maximum atomic E-state index is 12.2. The first-order valence-corrected chi connectivity index (χ1v) is 7.47. The highest BCUT2D eigenvalue weighted by Crippen LogP contribution is 2.41. The molecule has 1 aliphatic rings. The van der Waals surface area contributed by atoms with E-state index >= 15 is 0 Å². The number of carbonyl (C=O) groups excluding carboxylic acids is 1. The maximum absolute atomic E-state index is 12.2. The summed E-state index contributed by atoms with van der Waals surface area (Å²) in [6, 6.07) is 17.7. The summed E-state index contributed by atoms with van der Waals surface area (Å²) in [5, 5.41) is 0.0378. The molecule has 0 N–H and O–H groups in total. The van der Waals surface area contributed by atoms with Crippen molar-refractivity contribution >= 4 is 23.4 Å². The molecule has 1 amide bonds. The molecule has 4 heteroatoms.